The lowest BCUT2D eigenvalue weighted by Gasteiger charge is -2.10. The van der Waals surface area contributed by atoms with E-state index in [9.17, 15) is 5.26 Å². The summed E-state index contributed by atoms with van der Waals surface area (Å²) in [6, 6.07) is 15.0. The van der Waals surface area contributed by atoms with Crippen molar-refractivity contribution in [3.05, 3.63) is 63.6 Å². The van der Waals surface area contributed by atoms with Crippen molar-refractivity contribution in [2.75, 3.05) is 6.61 Å². The van der Waals surface area contributed by atoms with Gasteiger partial charge in [-0.05, 0) is 30.7 Å². The van der Waals surface area contributed by atoms with Crippen LogP contribution in [0.4, 0.5) is 0 Å². The molecule has 2 rings (SSSR count). The predicted octanol–water partition coefficient (Wildman–Crippen LogP) is 5.46. The van der Waals surface area contributed by atoms with Crippen LogP contribution >= 0.6 is 23.2 Å². The lowest BCUT2D eigenvalue weighted by molar-refractivity contribution is 0.340. The Hall–Kier alpha value is -1.95. The molecule has 0 aromatic heterocycles. The third-order valence-electron chi connectivity index (χ3n) is 2.83. The zero-order chi connectivity index (χ0) is 15.2. The third kappa shape index (κ3) is 3.78. The maximum Gasteiger partial charge on any atom is 0.145 e. The van der Waals surface area contributed by atoms with E-state index >= 15 is 0 Å². The van der Waals surface area contributed by atoms with Gasteiger partial charge in [-0.15, -0.1) is 0 Å². The van der Waals surface area contributed by atoms with Crippen LogP contribution in [0.25, 0.3) is 11.6 Å². The number of nitriles is 1. The Morgan fingerprint density at radius 3 is 2.57 bits per heavy atom. The summed E-state index contributed by atoms with van der Waals surface area (Å²) < 4.78 is 5.56. The van der Waals surface area contributed by atoms with Crippen LogP contribution in [0.15, 0.2) is 42.5 Å². The van der Waals surface area contributed by atoms with Crippen LogP contribution in [0.3, 0.4) is 0 Å². The molecule has 2 nitrogen and oxygen atoms in total. The molecule has 0 bridgehead atoms. The van der Waals surface area contributed by atoms with Gasteiger partial charge in [-0.2, -0.15) is 5.26 Å². The van der Waals surface area contributed by atoms with E-state index in [1.165, 1.54) is 0 Å². The van der Waals surface area contributed by atoms with E-state index in [0.717, 1.165) is 5.56 Å². The first-order chi connectivity index (χ1) is 10.2. The van der Waals surface area contributed by atoms with Crippen LogP contribution in [0.5, 0.6) is 5.75 Å². The standard InChI is InChI=1S/C17H13Cl2NO/c1-2-21-17-13(9-15(18)10-16(17)19)8-14(11-20)12-6-4-3-5-7-12/h3-10H,2H2,1H3/b14-8+. The molecule has 4 heteroatoms. The van der Waals surface area contributed by atoms with E-state index in [-0.39, 0.29) is 0 Å². The summed E-state index contributed by atoms with van der Waals surface area (Å²) in [7, 11) is 0. The fourth-order valence-corrected chi connectivity index (χ4v) is 2.50. The van der Waals surface area contributed by atoms with E-state index in [1.54, 1.807) is 18.2 Å². The molecule has 0 aliphatic rings. The molecule has 0 aliphatic carbocycles. The number of hydrogen-bond donors (Lipinski definition) is 0. The molecule has 0 heterocycles. The van der Waals surface area contributed by atoms with E-state index in [0.29, 0.717) is 33.5 Å². The third-order valence-corrected chi connectivity index (χ3v) is 3.33. The molecule has 106 valence electrons. The molecule has 2 aromatic carbocycles. The van der Waals surface area contributed by atoms with Gasteiger partial charge in [0.05, 0.1) is 23.3 Å². The maximum atomic E-state index is 9.38. The summed E-state index contributed by atoms with van der Waals surface area (Å²) in [5.74, 6) is 0.534. The summed E-state index contributed by atoms with van der Waals surface area (Å²) in [5, 5.41) is 10.3. The lowest BCUT2D eigenvalue weighted by Crippen LogP contribution is -1.95. The average molecular weight is 318 g/mol. The number of hydrogen-bond acceptors (Lipinski definition) is 2. The fraction of sp³-hybridized carbons (Fsp3) is 0.118. The zero-order valence-electron chi connectivity index (χ0n) is 11.4. The summed E-state index contributed by atoms with van der Waals surface area (Å²) in [6.07, 6.45) is 1.73. The minimum Gasteiger partial charge on any atom is -0.492 e. The molecular weight excluding hydrogens is 305 g/mol. The van der Waals surface area contributed by atoms with Crippen molar-refractivity contribution in [2.45, 2.75) is 6.92 Å². The molecule has 21 heavy (non-hydrogen) atoms. The monoisotopic (exact) mass is 317 g/mol. The Morgan fingerprint density at radius 2 is 1.95 bits per heavy atom. The summed E-state index contributed by atoms with van der Waals surface area (Å²) >= 11 is 12.2. The van der Waals surface area contributed by atoms with E-state index < -0.39 is 0 Å². The van der Waals surface area contributed by atoms with Gasteiger partial charge in [0.2, 0.25) is 0 Å². The molecule has 0 saturated heterocycles. The van der Waals surface area contributed by atoms with Crippen molar-refractivity contribution < 1.29 is 4.74 Å². The van der Waals surface area contributed by atoms with E-state index in [1.807, 2.05) is 37.3 Å². The maximum absolute atomic E-state index is 9.38. The number of nitrogens with zero attached hydrogens (tertiary/aromatic N) is 1. The SMILES string of the molecule is CCOc1c(Cl)cc(Cl)cc1/C=C(\C#N)c1ccccc1. The molecular formula is C17H13Cl2NO. The number of rotatable bonds is 4. The number of ether oxygens (including phenoxy) is 1. The Labute approximate surface area is 134 Å². The van der Waals surface area contributed by atoms with Gasteiger partial charge < -0.3 is 4.74 Å². The largest absolute Gasteiger partial charge is 0.492 e. The number of halogens is 2. The van der Waals surface area contributed by atoms with Gasteiger partial charge in [0.25, 0.3) is 0 Å². The average Bonchev–Trinajstić information content (AvgIpc) is 2.49. The van der Waals surface area contributed by atoms with Crippen LogP contribution in [0, 0.1) is 11.3 Å². The summed E-state index contributed by atoms with van der Waals surface area (Å²) in [6.45, 7) is 2.36. The van der Waals surface area contributed by atoms with Crippen LogP contribution in [-0.2, 0) is 0 Å². The Balaban J connectivity index is 2.55. The molecule has 0 aliphatic heterocycles. The lowest BCUT2D eigenvalue weighted by atomic mass is 10.0. The Bertz CT molecular complexity index is 703. The van der Waals surface area contributed by atoms with Crippen molar-refractivity contribution in [1.82, 2.24) is 0 Å². The quantitative estimate of drug-likeness (QED) is 0.554. The van der Waals surface area contributed by atoms with Gasteiger partial charge in [-0.25, -0.2) is 0 Å². The first-order valence-electron chi connectivity index (χ1n) is 6.44. The highest BCUT2D eigenvalue weighted by Crippen LogP contribution is 2.34. The minimum atomic E-state index is 0.431. The van der Waals surface area contributed by atoms with Crippen molar-refractivity contribution in [1.29, 1.82) is 5.26 Å². The molecule has 0 amide bonds. The molecule has 0 N–H and O–H groups in total. The van der Waals surface area contributed by atoms with Gasteiger partial charge in [-0.3, -0.25) is 0 Å². The van der Waals surface area contributed by atoms with Crippen molar-refractivity contribution >= 4 is 34.9 Å². The minimum absolute atomic E-state index is 0.431. The van der Waals surface area contributed by atoms with Crippen molar-refractivity contribution in [2.24, 2.45) is 0 Å². The van der Waals surface area contributed by atoms with Crippen LogP contribution in [0.2, 0.25) is 10.0 Å². The molecule has 0 radical (unpaired) electrons. The molecule has 0 atom stereocenters. The first-order valence-corrected chi connectivity index (χ1v) is 7.20. The summed E-state index contributed by atoms with van der Waals surface area (Å²) in [4.78, 5) is 0. The predicted molar refractivity (Wildman–Crippen MR) is 87.6 cm³/mol. The van der Waals surface area contributed by atoms with Gasteiger partial charge in [0.1, 0.15) is 5.75 Å². The molecule has 2 aromatic rings. The number of allylic oxidation sites excluding steroid dienone is 1. The highest BCUT2D eigenvalue weighted by atomic mass is 35.5. The normalized spacial score (nSPS) is 11.0. The van der Waals surface area contributed by atoms with Crippen LogP contribution in [-0.4, -0.2) is 6.61 Å². The second kappa shape index (κ2) is 7.17. The zero-order valence-corrected chi connectivity index (χ0v) is 12.9. The van der Waals surface area contributed by atoms with Gasteiger partial charge in [-0.1, -0.05) is 53.5 Å². The van der Waals surface area contributed by atoms with E-state index in [4.69, 9.17) is 27.9 Å². The van der Waals surface area contributed by atoms with Crippen molar-refractivity contribution in [3.63, 3.8) is 0 Å². The molecule has 0 saturated carbocycles. The topological polar surface area (TPSA) is 33.0 Å². The van der Waals surface area contributed by atoms with Gasteiger partial charge in [0.15, 0.2) is 0 Å². The van der Waals surface area contributed by atoms with Gasteiger partial charge >= 0.3 is 0 Å². The Kier molecular flexibility index (Phi) is 5.27. The second-order valence-corrected chi connectivity index (χ2v) is 5.12. The molecule has 0 unspecified atom stereocenters. The van der Waals surface area contributed by atoms with Crippen LogP contribution in [0.1, 0.15) is 18.1 Å². The highest BCUT2D eigenvalue weighted by molar-refractivity contribution is 6.36. The Morgan fingerprint density at radius 1 is 1.24 bits per heavy atom. The highest BCUT2D eigenvalue weighted by Gasteiger charge is 2.10. The summed E-state index contributed by atoms with van der Waals surface area (Å²) in [5.41, 5.74) is 2.04. The second-order valence-electron chi connectivity index (χ2n) is 4.27. The fourth-order valence-electron chi connectivity index (χ4n) is 1.94. The first kappa shape index (κ1) is 15.4. The van der Waals surface area contributed by atoms with Crippen LogP contribution < -0.4 is 4.74 Å². The van der Waals surface area contributed by atoms with Crippen molar-refractivity contribution in [3.8, 4) is 11.8 Å². The smallest absolute Gasteiger partial charge is 0.145 e. The molecule has 0 spiro atoms. The van der Waals surface area contributed by atoms with Gasteiger partial charge in [0, 0.05) is 10.6 Å². The van der Waals surface area contributed by atoms with E-state index in [2.05, 4.69) is 6.07 Å². The number of benzene rings is 2. The molecule has 0 fully saturated rings.